The summed E-state index contributed by atoms with van der Waals surface area (Å²) >= 11 is 1.96. The van der Waals surface area contributed by atoms with Gasteiger partial charge in [-0.05, 0) is 78.8 Å². The van der Waals surface area contributed by atoms with Gasteiger partial charge in [-0.15, -0.1) is 5.10 Å². The Hall–Kier alpha value is -1.36. The molecule has 0 aliphatic heterocycles. The van der Waals surface area contributed by atoms with Crippen LogP contribution in [0.4, 0.5) is 0 Å². The lowest BCUT2D eigenvalue weighted by Crippen LogP contribution is -2.48. The molecule has 0 N–H and O–H groups in total. The first-order valence-electron chi connectivity index (χ1n) is 8.32. The average Bonchev–Trinajstić information content (AvgIpc) is 2.94. The van der Waals surface area contributed by atoms with Crippen molar-refractivity contribution in [1.29, 1.82) is 0 Å². The Balaban J connectivity index is 1.47. The third-order valence-corrected chi connectivity index (χ3v) is 7.10. The van der Waals surface area contributed by atoms with Crippen molar-refractivity contribution in [3.8, 4) is 5.69 Å². The molecule has 1 aromatic heterocycles. The summed E-state index contributed by atoms with van der Waals surface area (Å²) in [4.78, 5) is 0. The number of tetrazole rings is 1. The summed E-state index contributed by atoms with van der Waals surface area (Å²) in [6.07, 6.45) is 8.53. The predicted octanol–water partition coefficient (Wildman–Crippen LogP) is 3.72. The molecular formula is C17H20N4S. The molecule has 114 valence electrons. The number of hydrogen-bond acceptors (Lipinski definition) is 4. The monoisotopic (exact) mass is 312 g/mol. The fraction of sp³-hybridized carbons (Fsp3) is 0.588. The van der Waals surface area contributed by atoms with Gasteiger partial charge in [0.1, 0.15) is 0 Å². The van der Waals surface area contributed by atoms with Crippen molar-refractivity contribution >= 4 is 11.8 Å². The highest BCUT2D eigenvalue weighted by molar-refractivity contribution is 8.00. The van der Waals surface area contributed by atoms with Crippen LogP contribution in [0.2, 0.25) is 0 Å². The molecule has 4 aliphatic carbocycles. The van der Waals surface area contributed by atoms with Crippen LogP contribution in [0, 0.1) is 17.8 Å². The fourth-order valence-corrected chi connectivity index (χ4v) is 6.97. The molecule has 0 spiro atoms. The molecule has 2 aromatic rings. The maximum absolute atomic E-state index is 4.33. The van der Waals surface area contributed by atoms with Crippen LogP contribution in [0.3, 0.4) is 0 Å². The van der Waals surface area contributed by atoms with Crippen molar-refractivity contribution in [2.75, 3.05) is 0 Å². The van der Waals surface area contributed by atoms with E-state index in [-0.39, 0.29) is 0 Å². The van der Waals surface area contributed by atoms with E-state index >= 15 is 0 Å². The minimum atomic E-state index is 0.399. The minimum absolute atomic E-state index is 0.399. The van der Waals surface area contributed by atoms with E-state index in [2.05, 4.69) is 27.7 Å². The molecular weight excluding hydrogens is 292 g/mol. The molecule has 0 unspecified atom stereocenters. The van der Waals surface area contributed by atoms with E-state index in [9.17, 15) is 0 Å². The molecule has 0 saturated heterocycles. The number of aromatic nitrogens is 4. The molecule has 22 heavy (non-hydrogen) atoms. The molecule has 6 rings (SSSR count). The van der Waals surface area contributed by atoms with E-state index in [4.69, 9.17) is 0 Å². The van der Waals surface area contributed by atoms with Crippen molar-refractivity contribution in [1.82, 2.24) is 20.2 Å². The first-order chi connectivity index (χ1) is 10.8. The third-order valence-electron chi connectivity index (χ3n) is 5.73. The normalized spacial score (nSPS) is 35.9. The zero-order chi connectivity index (χ0) is 14.6. The molecule has 0 amide bonds. The van der Waals surface area contributed by atoms with Gasteiger partial charge < -0.3 is 0 Å². The van der Waals surface area contributed by atoms with Gasteiger partial charge in [-0.1, -0.05) is 30.0 Å². The Bertz CT molecular complexity index is 646. The summed E-state index contributed by atoms with van der Waals surface area (Å²) in [6, 6.07) is 10.2. The average molecular weight is 312 g/mol. The Morgan fingerprint density at radius 1 is 0.955 bits per heavy atom. The van der Waals surface area contributed by atoms with Crippen molar-refractivity contribution in [3.63, 3.8) is 0 Å². The Kier molecular flexibility index (Phi) is 2.87. The summed E-state index contributed by atoms with van der Waals surface area (Å²) < 4.78 is 2.30. The number of rotatable bonds is 3. The van der Waals surface area contributed by atoms with Gasteiger partial charge in [0.25, 0.3) is 0 Å². The van der Waals surface area contributed by atoms with Gasteiger partial charge in [-0.25, -0.2) is 0 Å². The number of hydrogen-bond donors (Lipinski definition) is 0. The summed E-state index contributed by atoms with van der Waals surface area (Å²) in [6.45, 7) is 0. The van der Waals surface area contributed by atoms with E-state index in [0.29, 0.717) is 4.75 Å². The fourth-order valence-electron chi connectivity index (χ4n) is 5.32. The molecule has 4 aliphatic rings. The van der Waals surface area contributed by atoms with Crippen LogP contribution in [-0.2, 0) is 0 Å². The van der Waals surface area contributed by atoms with Gasteiger partial charge in [-0.2, -0.15) is 4.68 Å². The maximum atomic E-state index is 4.33. The van der Waals surface area contributed by atoms with Gasteiger partial charge >= 0.3 is 0 Å². The summed E-state index contributed by atoms with van der Waals surface area (Å²) in [5.41, 5.74) is 1.06. The molecule has 0 atom stereocenters. The largest absolute Gasteiger partial charge is 0.214 e. The van der Waals surface area contributed by atoms with E-state index in [0.717, 1.165) is 28.6 Å². The highest BCUT2D eigenvalue weighted by atomic mass is 32.2. The molecule has 4 nitrogen and oxygen atoms in total. The zero-order valence-electron chi connectivity index (χ0n) is 12.6. The Morgan fingerprint density at radius 3 is 2.23 bits per heavy atom. The lowest BCUT2D eigenvalue weighted by Gasteiger charge is -2.56. The second-order valence-corrected chi connectivity index (χ2v) is 8.85. The van der Waals surface area contributed by atoms with Crippen molar-refractivity contribution in [3.05, 3.63) is 30.3 Å². The number of benzene rings is 1. The topological polar surface area (TPSA) is 43.6 Å². The summed E-state index contributed by atoms with van der Waals surface area (Å²) in [5, 5.41) is 13.5. The molecule has 4 saturated carbocycles. The van der Waals surface area contributed by atoms with Gasteiger partial charge in [0.05, 0.1) is 5.69 Å². The first-order valence-corrected chi connectivity index (χ1v) is 9.14. The van der Waals surface area contributed by atoms with Crippen LogP contribution < -0.4 is 0 Å². The first kappa shape index (κ1) is 13.1. The molecule has 1 aromatic carbocycles. The third kappa shape index (κ3) is 2.09. The highest BCUT2D eigenvalue weighted by Gasteiger charge is 2.52. The van der Waals surface area contributed by atoms with Crippen molar-refractivity contribution in [2.24, 2.45) is 17.8 Å². The van der Waals surface area contributed by atoms with Crippen LogP contribution in [0.25, 0.3) is 5.69 Å². The van der Waals surface area contributed by atoms with E-state index in [1.165, 1.54) is 38.5 Å². The van der Waals surface area contributed by atoms with Crippen LogP contribution in [-0.4, -0.2) is 25.0 Å². The van der Waals surface area contributed by atoms with Gasteiger partial charge in [0, 0.05) is 4.75 Å². The molecule has 4 fully saturated rings. The van der Waals surface area contributed by atoms with Crippen LogP contribution in [0.1, 0.15) is 38.5 Å². The van der Waals surface area contributed by atoms with Crippen LogP contribution in [0.15, 0.2) is 35.5 Å². The molecule has 1 heterocycles. The predicted molar refractivity (Wildman–Crippen MR) is 85.9 cm³/mol. The lowest BCUT2D eigenvalue weighted by molar-refractivity contribution is 0.0382. The van der Waals surface area contributed by atoms with Crippen LogP contribution in [0.5, 0.6) is 0 Å². The SMILES string of the molecule is c1ccc(-n2nnnc2SC23CC4CC(CC(C4)C2)C3)cc1. The highest BCUT2D eigenvalue weighted by Crippen LogP contribution is 2.61. The molecule has 5 heteroatoms. The van der Waals surface area contributed by atoms with Gasteiger partial charge in [-0.3, -0.25) is 0 Å². The number of thioether (sulfide) groups is 1. The molecule has 0 radical (unpaired) electrons. The smallest absolute Gasteiger partial charge is 0.187 e. The van der Waals surface area contributed by atoms with Gasteiger partial charge in [0.15, 0.2) is 0 Å². The number of para-hydroxylation sites is 1. The van der Waals surface area contributed by atoms with Crippen molar-refractivity contribution < 1.29 is 0 Å². The molecule has 4 bridgehead atoms. The second-order valence-electron chi connectivity index (χ2n) is 7.41. The quantitative estimate of drug-likeness (QED) is 0.866. The van der Waals surface area contributed by atoms with E-state index in [1.54, 1.807) is 0 Å². The van der Waals surface area contributed by atoms with E-state index < -0.39 is 0 Å². The van der Waals surface area contributed by atoms with E-state index in [1.807, 2.05) is 34.6 Å². The Morgan fingerprint density at radius 2 is 1.59 bits per heavy atom. The van der Waals surface area contributed by atoms with Crippen molar-refractivity contribution in [2.45, 2.75) is 48.4 Å². The summed E-state index contributed by atoms with van der Waals surface area (Å²) in [5.74, 6) is 2.87. The second kappa shape index (κ2) is 4.82. The Labute approximate surface area is 134 Å². The zero-order valence-corrected chi connectivity index (χ0v) is 13.4. The van der Waals surface area contributed by atoms with Crippen LogP contribution >= 0.6 is 11.8 Å². The summed E-state index contributed by atoms with van der Waals surface area (Å²) in [7, 11) is 0. The lowest BCUT2D eigenvalue weighted by atomic mass is 9.56. The maximum Gasteiger partial charge on any atom is 0.214 e. The minimum Gasteiger partial charge on any atom is -0.187 e. The standard InChI is InChI=1S/C17H20N4S/c1-2-4-15(5-3-1)21-16(18-19-20-21)22-17-9-12-6-13(10-17)8-14(7-12)11-17/h1-5,12-14H,6-11H2. The van der Waals surface area contributed by atoms with Gasteiger partial charge in [0.2, 0.25) is 5.16 Å². The number of nitrogens with zero attached hydrogens (tertiary/aromatic N) is 4.